The quantitative estimate of drug-likeness (QED) is 0.764. The number of carbonyl (C=O) groups is 2. The number of nitrogens with one attached hydrogen (secondary N) is 2. The van der Waals surface area contributed by atoms with E-state index in [2.05, 4.69) is 15.5 Å². The molecule has 3 N–H and O–H groups in total. The first-order valence-electron chi connectivity index (χ1n) is 6.99. The van der Waals surface area contributed by atoms with E-state index in [0.717, 1.165) is 36.9 Å². The first-order valence-corrected chi connectivity index (χ1v) is 6.99. The SMILES string of the molecule is CC(C)(CCC(=O)O)NC(=O)c1n[nH]c2c1CCCC2. The zero-order chi connectivity index (χ0) is 14.8. The molecule has 1 aliphatic rings. The molecule has 0 aliphatic heterocycles. The van der Waals surface area contributed by atoms with Crippen molar-refractivity contribution in [2.24, 2.45) is 0 Å². The number of aliphatic carboxylic acids is 1. The maximum absolute atomic E-state index is 12.3. The summed E-state index contributed by atoms with van der Waals surface area (Å²) in [6, 6.07) is 0. The molecule has 1 aromatic heterocycles. The van der Waals surface area contributed by atoms with Gasteiger partial charge >= 0.3 is 5.97 Å². The minimum absolute atomic E-state index is 0.0337. The Morgan fingerprint density at radius 1 is 1.35 bits per heavy atom. The van der Waals surface area contributed by atoms with E-state index < -0.39 is 11.5 Å². The number of carboxylic acid groups (broad SMARTS) is 1. The average Bonchev–Trinajstić information content (AvgIpc) is 2.80. The van der Waals surface area contributed by atoms with Gasteiger partial charge in [-0.2, -0.15) is 5.10 Å². The number of aryl methyl sites for hydroxylation is 1. The normalized spacial score (nSPS) is 14.7. The monoisotopic (exact) mass is 279 g/mol. The average molecular weight is 279 g/mol. The van der Waals surface area contributed by atoms with E-state index in [9.17, 15) is 9.59 Å². The maximum atomic E-state index is 12.3. The third kappa shape index (κ3) is 3.37. The van der Waals surface area contributed by atoms with Crippen molar-refractivity contribution >= 4 is 11.9 Å². The molecule has 2 rings (SSSR count). The molecule has 0 saturated carbocycles. The third-order valence-corrected chi connectivity index (χ3v) is 3.69. The topological polar surface area (TPSA) is 95.1 Å². The van der Waals surface area contributed by atoms with E-state index in [1.165, 1.54) is 0 Å². The Bertz CT molecular complexity index is 520. The Labute approximate surface area is 118 Å². The number of aromatic amines is 1. The molecule has 1 heterocycles. The molecule has 0 bridgehead atoms. The molecule has 20 heavy (non-hydrogen) atoms. The molecule has 0 spiro atoms. The Hall–Kier alpha value is -1.85. The number of amides is 1. The highest BCUT2D eigenvalue weighted by molar-refractivity contribution is 5.94. The van der Waals surface area contributed by atoms with Crippen LogP contribution in [0.5, 0.6) is 0 Å². The second kappa shape index (κ2) is 5.64. The van der Waals surface area contributed by atoms with Gasteiger partial charge in [0.1, 0.15) is 0 Å². The van der Waals surface area contributed by atoms with Gasteiger partial charge in [-0.15, -0.1) is 0 Å². The Balaban J connectivity index is 2.04. The zero-order valence-electron chi connectivity index (χ0n) is 12.0. The standard InChI is InChI=1S/C14H21N3O3/c1-14(2,8-7-11(18)19)15-13(20)12-9-5-3-4-6-10(9)16-17-12/h3-8H2,1-2H3,(H,15,20)(H,16,17)(H,18,19). The molecule has 1 amide bonds. The lowest BCUT2D eigenvalue weighted by Crippen LogP contribution is -2.44. The highest BCUT2D eigenvalue weighted by Gasteiger charge is 2.27. The minimum Gasteiger partial charge on any atom is -0.481 e. The first-order chi connectivity index (χ1) is 9.39. The predicted molar refractivity (Wildman–Crippen MR) is 73.6 cm³/mol. The van der Waals surface area contributed by atoms with Crippen LogP contribution in [0.3, 0.4) is 0 Å². The second-order valence-corrected chi connectivity index (χ2v) is 5.97. The highest BCUT2D eigenvalue weighted by Crippen LogP contribution is 2.22. The van der Waals surface area contributed by atoms with Crippen molar-refractivity contribution in [2.45, 2.75) is 57.9 Å². The molecule has 0 fully saturated rings. The largest absolute Gasteiger partial charge is 0.481 e. The summed E-state index contributed by atoms with van der Waals surface area (Å²) in [5.41, 5.74) is 1.98. The van der Waals surface area contributed by atoms with E-state index in [1.54, 1.807) is 0 Å². The number of carbonyl (C=O) groups excluding carboxylic acids is 1. The number of hydrogen-bond acceptors (Lipinski definition) is 3. The lowest BCUT2D eigenvalue weighted by Gasteiger charge is -2.25. The Morgan fingerprint density at radius 2 is 2.05 bits per heavy atom. The van der Waals surface area contributed by atoms with Crippen LogP contribution in [0.1, 0.15) is 61.3 Å². The van der Waals surface area contributed by atoms with Crippen molar-refractivity contribution in [3.63, 3.8) is 0 Å². The lowest BCUT2D eigenvalue weighted by molar-refractivity contribution is -0.137. The number of H-pyrrole nitrogens is 1. The fourth-order valence-corrected chi connectivity index (χ4v) is 2.52. The van der Waals surface area contributed by atoms with Crippen LogP contribution >= 0.6 is 0 Å². The molecule has 0 aromatic carbocycles. The van der Waals surface area contributed by atoms with E-state index in [4.69, 9.17) is 5.11 Å². The number of fused-ring (bicyclic) bond motifs is 1. The summed E-state index contributed by atoms with van der Waals surface area (Å²) in [6.45, 7) is 3.65. The number of carboxylic acids is 1. The summed E-state index contributed by atoms with van der Waals surface area (Å²) in [6.07, 6.45) is 4.45. The number of aromatic nitrogens is 2. The van der Waals surface area contributed by atoms with Gasteiger partial charge in [0.05, 0.1) is 0 Å². The van der Waals surface area contributed by atoms with Gasteiger partial charge in [-0.3, -0.25) is 14.7 Å². The summed E-state index contributed by atoms with van der Waals surface area (Å²) in [5.74, 6) is -1.08. The maximum Gasteiger partial charge on any atom is 0.303 e. The summed E-state index contributed by atoms with van der Waals surface area (Å²) in [7, 11) is 0. The number of rotatable bonds is 5. The van der Waals surface area contributed by atoms with Crippen LogP contribution in [0.2, 0.25) is 0 Å². The van der Waals surface area contributed by atoms with Gasteiger partial charge in [-0.05, 0) is 46.0 Å². The summed E-state index contributed by atoms with van der Waals surface area (Å²) >= 11 is 0. The van der Waals surface area contributed by atoms with Gasteiger partial charge in [-0.1, -0.05) is 0 Å². The summed E-state index contributed by atoms with van der Waals surface area (Å²) in [4.78, 5) is 22.9. The molecule has 0 unspecified atom stereocenters. The van der Waals surface area contributed by atoms with Gasteiger partial charge < -0.3 is 10.4 Å². The van der Waals surface area contributed by atoms with Crippen molar-refractivity contribution in [1.82, 2.24) is 15.5 Å². The fourth-order valence-electron chi connectivity index (χ4n) is 2.52. The van der Waals surface area contributed by atoms with Gasteiger partial charge in [0.2, 0.25) is 0 Å². The lowest BCUT2D eigenvalue weighted by atomic mass is 9.94. The van der Waals surface area contributed by atoms with Gasteiger partial charge in [0.15, 0.2) is 5.69 Å². The van der Waals surface area contributed by atoms with Crippen LogP contribution < -0.4 is 5.32 Å². The molecule has 0 atom stereocenters. The van der Waals surface area contributed by atoms with Crippen molar-refractivity contribution < 1.29 is 14.7 Å². The molecule has 6 nitrogen and oxygen atoms in total. The van der Waals surface area contributed by atoms with Crippen LogP contribution in [0.15, 0.2) is 0 Å². The molecule has 6 heteroatoms. The predicted octanol–water partition coefficient (Wildman–Crippen LogP) is 1.66. The zero-order valence-corrected chi connectivity index (χ0v) is 12.0. The summed E-state index contributed by atoms with van der Waals surface area (Å²) in [5, 5.41) is 18.7. The van der Waals surface area contributed by atoms with Crippen LogP contribution in [-0.4, -0.2) is 32.7 Å². The second-order valence-electron chi connectivity index (χ2n) is 5.97. The van der Waals surface area contributed by atoms with Crippen molar-refractivity contribution in [3.05, 3.63) is 17.0 Å². The molecule has 1 aromatic rings. The van der Waals surface area contributed by atoms with E-state index in [-0.39, 0.29) is 12.3 Å². The van der Waals surface area contributed by atoms with E-state index >= 15 is 0 Å². The molecular weight excluding hydrogens is 258 g/mol. The number of nitrogens with zero attached hydrogens (tertiary/aromatic N) is 1. The Morgan fingerprint density at radius 3 is 2.75 bits per heavy atom. The van der Waals surface area contributed by atoms with Crippen LogP contribution in [-0.2, 0) is 17.6 Å². The molecule has 110 valence electrons. The molecule has 0 radical (unpaired) electrons. The van der Waals surface area contributed by atoms with Crippen LogP contribution in [0.25, 0.3) is 0 Å². The van der Waals surface area contributed by atoms with Crippen LogP contribution in [0.4, 0.5) is 0 Å². The summed E-state index contributed by atoms with van der Waals surface area (Å²) < 4.78 is 0. The molecule has 1 aliphatic carbocycles. The first kappa shape index (κ1) is 14.6. The van der Waals surface area contributed by atoms with Gasteiger partial charge in [-0.25, -0.2) is 0 Å². The van der Waals surface area contributed by atoms with E-state index in [1.807, 2.05) is 13.8 Å². The van der Waals surface area contributed by atoms with Crippen molar-refractivity contribution in [2.75, 3.05) is 0 Å². The van der Waals surface area contributed by atoms with Crippen molar-refractivity contribution in [1.29, 1.82) is 0 Å². The third-order valence-electron chi connectivity index (χ3n) is 3.69. The highest BCUT2D eigenvalue weighted by atomic mass is 16.4. The van der Waals surface area contributed by atoms with Crippen molar-refractivity contribution in [3.8, 4) is 0 Å². The Kier molecular flexibility index (Phi) is 4.11. The van der Waals surface area contributed by atoms with Crippen LogP contribution in [0, 0.1) is 0 Å². The minimum atomic E-state index is -0.857. The van der Waals surface area contributed by atoms with E-state index in [0.29, 0.717) is 12.1 Å². The number of hydrogen-bond donors (Lipinski definition) is 3. The fraction of sp³-hybridized carbons (Fsp3) is 0.643. The smallest absolute Gasteiger partial charge is 0.303 e. The molecule has 0 saturated heterocycles. The molecular formula is C14H21N3O3. The van der Waals surface area contributed by atoms with Gasteiger partial charge in [0.25, 0.3) is 5.91 Å². The van der Waals surface area contributed by atoms with Gasteiger partial charge in [0, 0.05) is 23.2 Å².